The van der Waals surface area contributed by atoms with Crippen molar-refractivity contribution in [2.45, 2.75) is 6.92 Å². The second-order valence-electron chi connectivity index (χ2n) is 3.82. The van der Waals surface area contributed by atoms with Gasteiger partial charge in [0.2, 0.25) is 0 Å². The van der Waals surface area contributed by atoms with E-state index >= 15 is 0 Å². The molecule has 0 N–H and O–H groups in total. The van der Waals surface area contributed by atoms with Crippen LogP contribution in [0.1, 0.15) is 28.4 Å². The lowest BCUT2D eigenvalue weighted by Crippen LogP contribution is -2.00. The molecule has 0 atom stereocenters. The fourth-order valence-electron chi connectivity index (χ4n) is 1.69. The lowest BCUT2D eigenvalue weighted by atomic mass is 10.0. The zero-order chi connectivity index (χ0) is 12.1. The average Bonchev–Trinajstić information content (AvgIpc) is 2.40. The van der Waals surface area contributed by atoms with Crippen molar-refractivity contribution in [2.75, 3.05) is 0 Å². The Morgan fingerprint density at radius 2 is 1.47 bits per heavy atom. The molecule has 0 aliphatic heterocycles. The molecular weight excluding hydrogens is 208 g/mol. The van der Waals surface area contributed by atoms with Gasteiger partial charge in [0.15, 0.2) is 5.78 Å². The van der Waals surface area contributed by atoms with E-state index in [1.165, 1.54) is 0 Å². The van der Waals surface area contributed by atoms with Gasteiger partial charge < -0.3 is 0 Å². The summed E-state index contributed by atoms with van der Waals surface area (Å²) in [5, 5.41) is 0. The molecule has 2 aromatic rings. The van der Waals surface area contributed by atoms with Crippen molar-refractivity contribution in [2.24, 2.45) is 0 Å². The van der Waals surface area contributed by atoms with E-state index in [2.05, 4.69) is 0 Å². The summed E-state index contributed by atoms with van der Waals surface area (Å²) in [6.07, 6.45) is 3.99. The zero-order valence-electron chi connectivity index (χ0n) is 9.76. The van der Waals surface area contributed by atoms with Crippen molar-refractivity contribution in [3.05, 3.63) is 77.4 Å². The molecule has 0 heterocycles. The van der Waals surface area contributed by atoms with Crippen LogP contribution in [0, 0.1) is 0 Å². The first-order valence-corrected chi connectivity index (χ1v) is 5.64. The van der Waals surface area contributed by atoms with Crippen LogP contribution in [-0.4, -0.2) is 5.78 Å². The van der Waals surface area contributed by atoms with Gasteiger partial charge >= 0.3 is 0 Å². The molecule has 0 saturated heterocycles. The summed E-state index contributed by atoms with van der Waals surface area (Å²) < 4.78 is 0. The molecule has 0 saturated carbocycles. The number of ketones is 1. The molecule has 17 heavy (non-hydrogen) atoms. The summed E-state index contributed by atoms with van der Waals surface area (Å²) >= 11 is 0. The molecule has 0 aromatic heterocycles. The number of carbonyl (C=O) groups is 1. The molecule has 0 amide bonds. The lowest BCUT2D eigenvalue weighted by molar-refractivity contribution is 0.103. The summed E-state index contributed by atoms with van der Waals surface area (Å²) in [4.78, 5) is 12.1. The van der Waals surface area contributed by atoms with Gasteiger partial charge in [-0.1, -0.05) is 66.7 Å². The average molecular weight is 222 g/mol. The van der Waals surface area contributed by atoms with Crippen LogP contribution in [0.15, 0.2) is 60.7 Å². The van der Waals surface area contributed by atoms with Crippen LogP contribution in [0.2, 0.25) is 0 Å². The second kappa shape index (κ2) is 5.26. The molecule has 1 heteroatoms. The number of hydrogen-bond acceptors (Lipinski definition) is 1. The maximum atomic E-state index is 12.1. The van der Waals surface area contributed by atoms with Crippen LogP contribution in [0.5, 0.6) is 0 Å². The van der Waals surface area contributed by atoms with Gasteiger partial charge in [0, 0.05) is 11.1 Å². The van der Waals surface area contributed by atoms with Crippen LogP contribution < -0.4 is 0 Å². The third-order valence-corrected chi connectivity index (χ3v) is 2.57. The Labute approximate surface area is 101 Å². The first kappa shape index (κ1) is 11.3. The SMILES string of the molecule is C/C=C/c1ccc(C(=O)c2ccccc2)cc1. The van der Waals surface area contributed by atoms with Gasteiger partial charge in [0.1, 0.15) is 0 Å². The smallest absolute Gasteiger partial charge is 0.193 e. The first-order valence-electron chi connectivity index (χ1n) is 5.64. The number of allylic oxidation sites excluding steroid dienone is 1. The topological polar surface area (TPSA) is 17.1 Å². The standard InChI is InChI=1S/C16H14O/c1-2-6-13-9-11-15(12-10-13)16(17)14-7-4-3-5-8-14/h2-12H,1H3/b6-2+. The highest BCUT2D eigenvalue weighted by atomic mass is 16.1. The largest absolute Gasteiger partial charge is 0.289 e. The minimum Gasteiger partial charge on any atom is -0.289 e. The van der Waals surface area contributed by atoms with Crippen molar-refractivity contribution in [1.82, 2.24) is 0 Å². The fraction of sp³-hybridized carbons (Fsp3) is 0.0625. The molecule has 0 fully saturated rings. The number of benzene rings is 2. The summed E-state index contributed by atoms with van der Waals surface area (Å²) in [5.74, 6) is 0.0672. The molecule has 1 nitrogen and oxygen atoms in total. The molecule has 0 aliphatic rings. The van der Waals surface area contributed by atoms with E-state index in [9.17, 15) is 4.79 Å². The Morgan fingerprint density at radius 1 is 0.882 bits per heavy atom. The summed E-state index contributed by atoms with van der Waals surface area (Å²) in [7, 11) is 0. The maximum absolute atomic E-state index is 12.1. The van der Waals surface area contributed by atoms with Crippen molar-refractivity contribution in [1.29, 1.82) is 0 Å². The Balaban J connectivity index is 2.26. The van der Waals surface area contributed by atoms with E-state index in [1.807, 2.05) is 73.7 Å². The van der Waals surface area contributed by atoms with Crippen LogP contribution in [0.4, 0.5) is 0 Å². The van der Waals surface area contributed by atoms with Crippen LogP contribution in [0.3, 0.4) is 0 Å². The molecule has 2 aromatic carbocycles. The third-order valence-electron chi connectivity index (χ3n) is 2.57. The normalized spacial score (nSPS) is 10.6. The lowest BCUT2D eigenvalue weighted by Gasteiger charge is -2.01. The van der Waals surface area contributed by atoms with Gasteiger partial charge in [-0.05, 0) is 12.5 Å². The van der Waals surface area contributed by atoms with E-state index in [-0.39, 0.29) is 5.78 Å². The summed E-state index contributed by atoms with van der Waals surface area (Å²) in [6.45, 7) is 1.98. The van der Waals surface area contributed by atoms with Gasteiger partial charge in [0.25, 0.3) is 0 Å². The van der Waals surface area contributed by atoms with E-state index in [1.54, 1.807) is 0 Å². The van der Waals surface area contributed by atoms with E-state index in [0.717, 1.165) is 16.7 Å². The van der Waals surface area contributed by atoms with E-state index in [4.69, 9.17) is 0 Å². The highest BCUT2D eigenvalue weighted by Gasteiger charge is 2.07. The molecule has 0 aliphatic carbocycles. The molecular formula is C16H14O. The van der Waals surface area contributed by atoms with E-state index < -0.39 is 0 Å². The second-order valence-corrected chi connectivity index (χ2v) is 3.82. The van der Waals surface area contributed by atoms with Crippen LogP contribution in [0.25, 0.3) is 6.08 Å². The van der Waals surface area contributed by atoms with Crippen LogP contribution in [-0.2, 0) is 0 Å². The monoisotopic (exact) mass is 222 g/mol. The van der Waals surface area contributed by atoms with Crippen molar-refractivity contribution < 1.29 is 4.79 Å². The Kier molecular flexibility index (Phi) is 3.51. The molecule has 84 valence electrons. The maximum Gasteiger partial charge on any atom is 0.193 e. The summed E-state index contributed by atoms with van der Waals surface area (Å²) in [5.41, 5.74) is 2.56. The highest BCUT2D eigenvalue weighted by molar-refractivity contribution is 6.09. The highest BCUT2D eigenvalue weighted by Crippen LogP contribution is 2.11. The molecule has 2 rings (SSSR count). The van der Waals surface area contributed by atoms with Gasteiger partial charge in [-0.15, -0.1) is 0 Å². The predicted octanol–water partition coefficient (Wildman–Crippen LogP) is 3.95. The number of carbonyl (C=O) groups excluding carboxylic acids is 1. The quantitative estimate of drug-likeness (QED) is 0.718. The zero-order valence-corrected chi connectivity index (χ0v) is 9.76. The summed E-state index contributed by atoms with van der Waals surface area (Å²) in [6, 6.07) is 17.0. The molecule has 0 radical (unpaired) electrons. The molecule has 0 unspecified atom stereocenters. The van der Waals surface area contributed by atoms with E-state index in [0.29, 0.717) is 0 Å². The van der Waals surface area contributed by atoms with Gasteiger partial charge in [-0.25, -0.2) is 0 Å². The number of rotatable bonds is 3. The Morgan fingerprint density at radius 3 is 2.06 bits per heavy atom. The molecule has 0 bridgehead atoms. The van der Waals surface area contributed by atoms with Gasteiger partial charge in [-0.2, -0.15) is 0 Å². The minimum atomic E-state index is 0.0672. The first-order chi connectivity index (χ1) is 8.31. The van der Waals surface area contributed by atoms with Crippen molar-refractivity contribution in [3.8, 4) is 0 Å². The van der Waals surface area contributed by atoms with Crippen molar-refractivity contribution >= 4 is 11.9 Å². The van der Waals surface area contributed by atoms with Gasteiger partial charge in [0.05, 0.1) is 0 Å². The van der Waals surface area contributed by atoms with Crippen molar-refractivity contribution in [3.63, 3.8) is 0 Å². The van der Waals surface area contributed by atoms with Gasteiger partial charge in [-0.3, -0.25) is 4.79 Å². The minimum absolute atomic E-state index is 0.0672. The third kappa shape index (κ3) is 2.70. The Bertz CT molecular complexity index is 521. The Hall–Kier alpha value is -2.15. The van der Waals surface area contributed by atoms with Crippen LogP contribution >= 0.6 is 0 Å². The fourth-order valence-corrected chi connectivity index (χ4v) is 1.69. The number of hydrogen-bond donors (Lipinski definition) is 0. The predicted molar refractivity (Wildman–Crippen MR) is 71.0 cm³/mol. The molecule has 0 spiro atoms.